The van der Waals surface area contributed by atoms with Gasteiger partial charge in [0.25, 0.3) is 0 Å². The highest BCUT2D eigenvalue weighted by atomic mass is 16.6. The second-order valence-corrected chi connectivity index (χ2v) is 16.1. The van der Waals surface area contributed by atoms with E-state index in [0.717, 1.165) is 116 Å². The Bertz CT molecular complexity index is 1370. The Morgan fingerprint density at radius 2 is 0.698 bits per heavy atom. The van der Waals surface area contributed by atoms with Crippen molar-refractivity contribution in [2.24, 2.45) is 0 Å². The van der Waals surface area contributed by atoms with Crippen LogP contribution in [-0.2, 0) is 28.6 Å². The lowest BCUT2D eigenvalue weighted by Gasteiger charge is -2.18. The van der Waals surface area contributed by atoms with Gasteiger partial charge < -0.3 is 14.2 Å². The molecule has 0 spiro atoms. The van der Waals surface area contributed by atoms with E-state index < -0.39 is 6.10 Å². The second kappa shape index (κ2) is 50.5. The highest BCUT2D eigenvalue weighted by Gasteiger charge is 2.19. The maximum Gasteiger partial charge on any atom is 0.306 e. The molecule has 0 radical (unpaired) electrons. The van der Waals surface area contributed by atoms with Crippen LogP contribution < -0.4 is 0 Å². The largest absolute Gasteiger partial charge is 0.462 e. The summed E-state index contributed by atoms with van der Waals surface area (Å²) in [4.78, 5) is 37.9. The molecular weight excluding hydrogens is 781 g/mol. The molecule has 0 N–H and O–H groups in total. The van der Waals surface area contributed by atoms with Gasteiger partial charge in [0.05, 0.1) is 0 Å². The van der Waals surface area contributed by atoms with E-state index in [-0.39, 0.29) is 37.5 Å². The smallest absolute Gasteiger partial charge is 0.306 e. The van der Waals surface area contributed by atoms with Crippen molar-refractivity contribution in [2.75, 3.05) is 13.2 Å². The van der Waals surface area contributed by atoms with Crippen LogP contribution in [0.15, 0.2) is 122 Å². The van der Waals surface area contributed by atoms with Crippen LogP contribution in [0.5, 0.6) is 0 Å². The molecule has 0 fully saturated rings. The minimum Gasteiger partial charge on any atom is -0.462 e. The van der Waals surface area contributed by atoms with E-state index in [4.69, 9.17) is 14.2 Å². The van der Waals surface area contributed by atoms with Gasteiger partial charge >= 0.3 is 17.9 Å². The van der Waals surface area contributed by atoms with Gasteiger partial charge in [-0.3, -0.25) is 14.4 Å². The number of unbranched alkanes of at least 4 members (excludes halogenated alkanes) is 17. The first kappa shape index (κ1) is 58.8. The average Bonchev–Trinajstić information content (AvgIpc) is 3.28. The third-order valence-corrected chi connectivity index (χ3v) is 10.1. The van der Waals surface area contributed by atoms with Gasteiger partial charge in [0.15, 0.2) is 6.10 Å². The molecule has 6 nitrogen and oxygen atoms in total. The molecule has 354 valence electrons. The van der Waals surface area contributed by atoms with Crippen LogP contribution in [0.1, 0.15) is 201 Å². The summed E-state index contributed by atoms with van der Waals surface area (Å²) in [6.45, 7) is 6.28. The lowest BCUT2D eigenvalue weighted by atomic mass is 10.1. The van der Waals surface area contributed by atoms with Crippen molar-refractivity contribution >= 4 is 17.9 Å². The number of carbonyl (C=O) groups excluding carboxylic acids is 3. The molecule has 0 aromatic heterocycles. The van der Waals surface area contributed by atoms with E-state index in [2.05, 4.69) is 81.5 Å². The fraction of sp³-hybridized carbons (Fsp3) is 0.596. The predicted octanol–water partition coefficient (Wildman–Crippen LogP) is 16.5. The van der Waals surface area contributed by atoms with E-state index in [1.54, 1.807) is 0 Å². The van der Waals surface area contributed by atoms with Crippen LogP contribution in [0.2, 0.25) is 0 Å². The van der Waals surface area contributed by atoms with Gasteiger partial charge in [0, 0.05) is 19.3 Å². The number of carbonyl (C=O) groups is 3. The van der Waals surface area contributed by atoms with Crippen molar-refractivity contribution in [2.45, 2.75) is 207 Å². The van der Waals surface area contributed by atoms with E-state index in [1.165, 1.54) is 44.9 Å². The molecule has 0 aliphatic rings. The van der Waals surface area contributed by atoms with Crippen molar-refractivity contribution in [3.8, 4) is 0 Å². The van der Waals surface area contributed by atoms with Gasteiger partial charge in [-0.2, -0.15) is 0 Å². The van der Waals surface area contributed by atoms with Gasteiger partial charge in [0.1, 0.15) is 13.2 Å². The molecule has 0 bridgehead atoms. The van der Waals surface area contributed by atoms with Crippen LogP contribution >= 0.6 is 0 Å². The molecule has 63 heavy (non-hydrogen) atoms. The Balaban J connectivity index is 4.56. The molecule has 0 heterocycles. The van der Waals surface area contributed by atoms with E-state index in [9.17, 15) is 14.4 Å². The standard InChI is InChI=1S/C57H90O6/c1-4-7-10-13-16-19-22-25-28-29-30-33-35-38-41-44-47-50-56(59)62-53-54(63-57(60)51-48-45-42-39-36-32-27-24-21-18-15-12-9-6-3)52-61-55(58)49-46-43-40-37-34-31-26-23-20-17-14-11-8-5-2/h7,9-10,12-13,16,18-19,21-22,25,27-35,54H,4-6,8,11,14-15,17,20,23-24,26,36-53H2,1-3H3/b10-7-,12-9-,16-13-,21-18-,22-19-,28-25-,30-29+,32-27-,34-31-,35-33-. The molecule has 0 saturated carbocycles. The van der Waals surface area contributed by atoms with E-state index in [0.29, 0.717) is 12.8 Å². The van der Waals surface area contributed by atoms with Crippen LogP contribution in [0, 0.1) is 0 Å². The first-order valence-electron chi connectivity index (χ1n) is 25.1. The number of rotatable bonds is 43. The lowest BCUT2D eigenvalue weighted by Crippen LogP contribution is -2.30. The summed E-state index contributed by atoms with van der Waals surface area (Å²) >= 11 is 0. The number of hydrogen-bond donors (Lipinski definition) is 0. The molecule has 1 unspecified atom stereocenters. The van der Waals surface area contributed by atoms with Gasteiger partial charge in [-0.25, -0.2) is 0 Å². The lowest BCUT2D eigenvalue weighted by molar-refractivity contribution is -0.167. The van der Waals surface area contributed by atoms with Crippen molar-refractivity contribution < 1.29 is 28.6 Å². The van der Waals surface area contributed by atoms with Gasteiger partial charge in [-0.05, 0) is 96.3 Å². The van der Waals surface area contributed by atoms with Crippen molar-refractivity contribution in [1.29, 1.82) is 0 Å². The SMILES string of the molecule is CC\C=C/C=C\C=C/C=C\C=C\C=C/CCCCCC(=O)OCC(COC(=O)CCCCC/C=C\CCCCCCCCC)OC(=O)CCCCCC/C=C\C/C=C\C/C=C\CC. The van der Waals surface area contributed by atoms with Gasteiger partial charge in [0.2, 0.25) is 0 Å². The normalized spacial score (nSPS) is 13.1. The van der Waals surface area contributed by atoms with Crippen LogP contribution in [0.25, 0.3) is 0 Å². The number of esters is 3. The number of ether oxygens (including phenoxy) is 3. The topological polar surface area (TPSA) is 78.9 Å². The quantitative estimate of drug-likeness (QED) is 0.0200. The Morgan fingerprint density at radius 1 is 0.349 bits per heavy atom. The molecule has 6 heteroatoms. The first-order valence-corrected chi connectivity index (χ1v) is 25.1. The van der Waals surface area contributed by atoms with Crippen LogP contribution in [0.3, 0.4) is 0 Å². The Morgan fingerprint density at radius 3 is 1.19 bits per heavy atom. The molecule has 0 aromatic rings. The monoisotopic (exact) mass is 871 g/mol. The molecule has 0 amide bonds. The fourth-order valence-corrected chi connectivity index (χ4v) is 6.36. The van der Waals surface area contributed by atoms with Crippen LogP contribution in [-0.4, -0.2) is 37.2 Å². The zero-order valence-electron chi connectivity index (χ0n) is 40.3. The Hall–Kier alpha value is -4.19. The van der Waals surface area contributed by atoms with Crippen LogP contribution in [0.4, 0.5) is 0 Å². The highest BCUT2D eigenvalue weighted by molar-refractivity contribution is 5.71. The summed E-state index contributed by atoms with van der Waals surface area (Å²) in [5, 5.41) is 0. The fourth-order valence-electron chi connectivity index (χ4n) is 6.36. The molecule has 0 aliphatic carbocycles. The predicted molar refractivity (Wildman–Crippen MR) is 269 cm³/mol. The van der Waals surface area contributed by atoms with Crippen molar-refractivity contribution in [1.82, 2.24) is 0 Å². The maximum atomic E-state index is 12.8. The molecule has 0 saturated heterocycles. The Kier molecular flexibility index (Phi) is 47.1. The highest BCUT2D eigenvalue weighted by Crippen LogP contribution is 2.12. The van der Waals surface area contributed by atoms with E-state index >= 15 is 0 Å². The first-order chi connectivity index (χ1) is 31.0. The summed E-state index contributed by atoms with van der Waals surface area (Å²) in [6, 6.07) is 0. The Labute approximate surface area is 386 Å². The zero-order chi connectivity index (χ0) is 45.8. The minimum atomic E-state index is -0.817. The number of allylic oxidation sites excluding steroid dienone is 20. The summed E-state index contributed by atoms with van der Waals surface area (Å²) in [5.74, 6) is -1.00. The number of hydrogen-bond acceptors (Lipinski definition) is 6. The molecular formula is C57H90O6. The van der Waals surface area contributed by atoms with Gasteiger partial charge in [-0.15, -0.1) is 0 Å². The van der Waals surface area contributed by atoms with Gasteiger partial charge in [-0.1, -0.05) is 206 Å². The summed E-state index contributed by atoms with van der Waals surface area (Å²) in [6.07, 6.45) is 68.9. The molecule has 0 aromatic carbocycles. The van der Waals surface area contributed by atoms with Crippen molar-refractivity contribution in [3.63, 3.8) is 0 Å². The third-order valence-electron chi connectivity index (χ3n) is 10.1. The maximum absolute atomic E-state index is 12.8. The minimum absolute atomic E-state index is 0.113. The third kappa shape index (κ3) is 48.7. The zero-order valence-corrected chi connectivity index (χ0v) is 40.3. The molecule has 1 atom stereocenters. The summed E-state index contributed by atoms with van der Waals surface area (Å²) in [7, 11) is 0. The summed E-state index contributed by atoms with van der Waals surface area (Å²) < 4.78 is 16.7. The van der Waals surface area contributed by atoms with E-state index in [1.807, 2.05) is 60.8 Å². The molecule has 0 aliphatic heterocycles. The molecule has 0 rings (SSSR count). The second-order valence-electron chi connectivity index (χ2n) is 16.1. The summed E-state index contributed by atoms with van der Waals surface area (Å²) in [5.41, 5.74) is 0. The average molecular weight is 871 g/mol. The van der Waals surface area contributed by atoms with Crippen molar-refractivity contribution in [3.05, 3.63) is 122 Å².